The number of esters is 2. The summed E-state index contributed by atoms with van der Waals surface area (Å²) in [4.78, 5) is 53.2. The van der Waals surface area contributed by atoms with Crippen molar-refractivity contribution in [1.29, 1.82) is 0 Å². The predicted octanol–water partition coefficient (Wildman–Crippen LogP) is 4.77. The van der Waals surface area contributed by atoms with Gasteiger partial charge in [0.1, 0.15) is 17.0 Å². The number of aliphatic carboxylic acids is 1. The molecule has 0 unspecified atom stereocenters. The normalized spacial score (nSPS) is 13.0. The fourth-order valence-corrected chi connectivity index (χ4v) is 6.70. The van der Waals surface area contributed by atoms with Gasteiger partial charge in [0.25, 0.3) is 0 Å². The van der Waals surface area contributed by atoms with Gasteiger partial charge in [0.2, 0.25) is 15.9 Å². The van der Waals surface area contributed by atoms with Gasteiger partial charge in [0, 0.05) is 13.1 Å². The van der Waals surface area contributed by atoms with Crippen LogP contribution >= 0.6 is 11.6 Å². The average Bonchev–Trinajstić information content (AvgIpc) is 3.10. The van der Waals surface area contributed by atoms with Gasteiger partial charge in [-0.2, -0.15) is 0 Å². The molecular weight excluding hydrogens is 712 g/mol. The van der Waals surface area contributed by atoms with E-state index in [-0.39, 0.29) is 49.0 Å². The Labute approximate surface area is 309 Å². The molecule has 0 aromatic heterocycles. The van der Waals surface area contributed by atoms with Crippen molar-refractivity contribution < 1.29 is 42.2 Å². The van der Waals surface area contributed by atoms with Crippen LogP contribution in [0, 0.1) is 0 Å². The van der Waals surface area contributed by atoms with Crippen LogP contribution in [0.1, 0.15) is 67.9 Å². The Morgan fingerprint density at radius 1 is 0.904 bits per heavy atom. The van der Waals surface area contributed by atoms with Crippen LogP contribution in [0.15, 0.2) is 77.7 Å². The van der Waals surface area contributed by atoms with E-state index in [4.69, 9.17) is 26.2 Å². The van der Waals surface area contributed by atoms with E-state index in [0.29, 0.717) is 25.7 Å². The lowest BCUT2D eigenvalue weighted by atomic mass is 10.0. The number of sulfonamides is 1. The molecule has 0 saturated carbocycles. The summed E-state index contributed by atoms with van der Waals surface area (Å²) in [6.45, 7) is 5.39. The van der Waals surface area contributed by atoms with Gasteiger partial charge in [-0.05, 0) is 76.1 Å². The number of ether oxygens (including phenoxy) is 2. The number of hydrogen-bond acceptors (Lipinski definition) is 10. The number of rotatable bonds is 21. The Morgan fingerprint density at radius 2 is 1.52 bits per heavy atom. The van der Waals surface area contributed by atoms with Crippen LogP contribution in [-0.2, 0) is 46.8 Å². The number of hydrogen-bond donors (Lipinski definition) is 4. The average molecular weight is 759 g/mol. The lowest BCUT2D eigenvalue weighted by molar-refractivity contribution is -0.153. The van der Waals surface area contributed by atoms with Crippen LogP contribution < -0.4 is 15.8 Å². The predicted molar refractivity (Wildman–Crippen MR) is 197 cm³/mol. The van der Waals surface area contributed by atoms with Crippen molar-refractivity contribution in [3.05, 3.63) is 94.5 Å². The molecule has 0 heterocycles. The molecule has 3 atom stereocenters. The maximum atomic E-state index is 14.1. The van der Waals surface area contributed by atoms with Crippen LogP contribution in [0.4, 0.5) is 5.69 Å². The molecule has 0 aliphatic heterocycles. The fraction of sp³-hybridized carbons (Fsp3) is 0.405. The number of anilines is 1. The van der Waals surface area contributed by atoms with Gasteiger partial charge < -0.3 is 24.8 Å². The highest BCUT2D eigenvalue weighted by Crippen LogP contribution is 2.29. The van der Waals surface area contributed by atoms with E-state index >= 15 is 0 Å². The molecule has 3 rings (SSSR count). The molecule has 52 heavy (non-hydrogen) atoms. The Morgan fingerprint density at radius 3 is 2.10 bits per heavy atom. The largest absolute Gasteiger partial charge is 0.480 e. The molecule has 3 aromatic carbocycles. The second kappa shape index (κ2) is 20.5. The van der Waals surface area contributed by atoms with E-state index in [1.807, 2.05) is 36.4 Å². The second-order valence-electron chi connectivity index (χ2n) is 12.0. The molecule has 0 fully saturated rings. The number of nitrogens with one attached hydrogen (secondary N) is 2. The molecule has 13 nitrogen and oxygen atoms in total. The van der Waals surface area contributed by atoms with Crippen molar-refractivity contribution in [3.8, 4) is 0 Å². The molecule has 0 aliphatic rings. The van der Waals surface area contributed by atoms with Crippen molar-refractivity contribution in [2.24, 2.45) is 5.14 Å². The Bertz CT molecular complexity index is 1760. The maximum absolute atomic E-state index is 14.1. The Balaban J connectivity index is 1.76. The first-order valence-corrected chi connectivity index (χ1v) is 19.0. The van der Waals surface area contributed by atoms with E-state index in [9.17, 15) is 32.7 Å². The summed E-state index contributed by atoms with van der Waals surface area (Å²) in [6, 6.07) is 18.0. The number of nitrogens with zero attached hydrogens (tertiary/aromatic N) is 1. The maximum Gasteiger partial charge on any atom is 0.340 e. The smallest absolute Gasteiger partial charge is 0.340 e. The van der Waals surface area contributed by atoms with Gasteiger partial charge in [-0.1, -0.05) is 72.3 Å². The van der Waals surface area contributed by atoms with E-state index in [0.717, 1.165) is 17.2 Å². The number of benzene rings is 3. The van der Waals surface area contributed by atoms with Crippen molar-refractivity contribution in [3.63, 3.8) is 0 Å². The molecule has 3 aromatic rings. The number of aryl methyl sites for hydroxylation is 1. The number of primary sulfonamides is 1. The number of carbonyl (C=O) groups excluding carboxylic acids is 3. The van der Waals surface area contributed by atoms with Gasteiger partial charge in [-0.25, -0.2) is 23.1 Å². The molecule has 5 N–H and O–H groups in total. The van der Waals surface area contributed by atoms with Crippen LogP contribution in [0.2, 0.25) is 5.02 Å². The topological polar surface area (TPSA) is 194 Å². The number of carboxylic acids is 1. The zero-order valence-corrected chi connectivity index (χ0v) is 31.1. The minimum Gasteiger partial charge on any atom is -0.480 e. The number of carboxylic acid groups (broad SMARTS) is 1. The zero-order chi connectivity index (χ0) is 38.3. The summed E-state index contributed by atoms with van der Waals surface area (Å²) in [5, 5.41) is 21.6. The van der Waals surface area contributed by atoms with Crippen molar-refractivity contribution in [1.82, 2.24) is 10.2 Å². The SMILES string of the molecule is CCOC(=O)c1cc(S(N)(=O)=O)c(Cl)cc1NCCCC[C@@H](C(=O)O)N(Cc1ccccc1)C(=O)[C@H](C)N[C@@H](CCc1ccccc1)C(=O)OCC. The lowest BCUT2D eigenvalue weighted by Crippen LogP contribution is -2.54. The number of nitrogens with two attached hydrogens (primary N) is 1. The summed E-state index contributed by atoms with van der Waals surface area (Å²) in [5.74, 6) is -2.96. The van der Waals surface area contributed by atoms with Crippen molar-refractivity contribution >= 4 is 51.1 Å². The fourth-order valence-electron chi connectivity index (χ4n) is 5.61. The number of amides is 1. The summed E-state index contributed by atoms with van der Waals surface area (Å²) in [7, 11) is -4.22. The highest BCUT2D eigenvalue weighted by atomic mass is 35.5. The number of carbonyl (C=O) groups is 4. The molecule has 0 aliphatic carbocycles. The highest BCUT2D eigenvalue weighted by molar-refractivity contribution is 7.89. The third kappa shape index (κ3) is 12.6. The first-order chi connectivity index (χ1) is 24.8. The molecule has 1 amide bonds. The molecule has 15 heteroatoms. The van der Waals surface area contributed by atoms with Crippen LogP contribution in [-0.4, -0.2) is 80.1 Å². The Hall–Kier alpha value is -4.50. The van der Waals surface area contributed by atoms with Gasteiger partial charge in [0.15, 0.2) is 0 Å². The molecule has 0 saturated heterocycles. The van der Waals surface area contributed by atoms with Crippen LogP contribution in [0.3, 0.4) is 0 Å². The second-order valence-corrected chi connectivity index (χ2v) is 14.0. The summed E-state index contributed by atoms with van der Waals surface area (Å²) in [5.41, 5.74) is 1.89. The summed E-state index contributed by atoms with van der Waals surface area (Å²) < 4.78 is 34.3. The molecular formula is C37H47ClN4O9S. The quantitative estimate of drug-likeness (QED) is 0.0864. The first kappa shape index (κ1) is 41.9. The number of unbranched alkanes of at least 4 members (excludes halogenated alkanes) is 1. The third-order valence-electron chi connectivity index (χ3n) is 8.19. The summed E-state index contributed by atoms with van der Waals surface area (Å²) >= 11 is 6.17. The van der Waals surface area contributed by atoms with E-state index in [1.54, 1.807) is 45.0 Å². The summed E-state index contributed by atoms with van der Waals surface area (Å²) in [6.07, 6.45) is 1.77. The van der Waals surface area contributed by atoms with Gasteiger partial charge >= 0.3 is 17.9 Å². The van der Waals surface area contributed by atoms with Crippen LogP contribution in [0.25, 0.3) is 0 Å². The first-order valence-electron chi connectivity index (χ1n) is 17.1. The van der Waals surface area contributed by atoms with Crippen molar-refractivity contribution in [2.75, 3.05) is 25.1 Å². The van der Waals surface area contributed by atoms with E-state index in [1.165, 1.54) is 11.0 Å². The minimum atomic E-state index is -4.22. The van der Waals surface area contributed by atoms with Crippen molar-refractivity contribution in [2.45, 2.75) is 82.4 Å². The highest BCUT2D eigenvalue weighted by Gasteiger charge is 2.34. The zero-order valence-electron chi connectivity index (χ0n) is 29.5. The lowest BCUT2D eigenvalue weighted by Gasteiger charge is -2.33. The monoisotopic (exact) mass is 758 g/mol. The van der Waals surface area contributed by atoms with Gasteiger partial charge in [0.05, 0.1) is 35.5 Å². The molecule has 0 bridgehead atoms. The molecule has 0 radical (unpaired) electrons. The van der Waals surface area contributed by atoms with Crippen LogP contribution in [0.5, 0.6) is 0 Å². The van der Waals surface area contributed by atoms with Gasteiger partial charge in [-0.3, -0.25) is 14.9 Å². The minimum absolute atomic E-state index is 0.0206. The molecule has 282 valence electrons. The van der Waals surface area contributed by atoms with E-state index < -0.39 is 56.9 Å². The third-order valence-corrected chi connectivity index (χ3v) is 9.57. The van der Waals surface area contributed by atoms with Gasteiger partial charge in [-0.15, -0.1) is 0 Å². The Kier molecular flexibility index (Phi) is 16.5. The standard InChI is InChI=1S/C37H47ClN4O9S/c1-4-50-36(46)28-22-33(52(39,48)49)29(38)23-31(28)40-21-13-12-18-32(35(44)45)42(24-27-16-10-7-11-17-27)34(43)25(3)41-30(37(47)51-5-2)20-19-26-14-8-6-9-15-26/h6-11,14-17,22-23,25,30,32,40-41H,4-5,12-13,18-21,24H2,1-3H3,(H,44,45)(H2,39,48,49)/t25-,30-,32-/m0/s1. The molecule has 0 spiro atoms. The van der Waals surface area contributed by atoms with E-state index in [2.05, 4.69) is 10.6 Å². The number of halogens is 1.